The van der Waals surface area contributed by atoms with E-state index in [4.69, 9.17) is 0 Å². The third-order valence-corrected chi connectivity index (χ3v) is 4.68. The van der Waals surface area contributed by atoms with E-state index in [2.05, 4.69) is 23.7 Å². The second-order valence-corrected chi connectivity index (χ2v) is 6.17. The van der Waals surface area contributed by atoms with Crippen LogP contribution in [0.1, 0.15) is 26.7 Å². The van der Waals surface area contributed by atoms with Crippen LogP contribution in [0.15, 0.2) is 30.5 Å². The highest BCUT2D eigenvalue weighted by Crippen LogP contribution is 2.29. The van der Waals surface area contributed by atoms with Gasteiger partial charge in [-0.25, -0.2) is 4.79 Å². The van der Waals surface area contributed by atoms with E-state index in [1.807, 2.05) is 6.07 Å². The van der Waals surface area contributed by atoms with E-state index >= 15 is 0 Å². The molecule has 1 aromatic carbocycles. The fourth-order valence-electron chi connectivity index (χ4n) is 3.13. The van der Waals surface area contributed by atoms with E-state index in [1.54, 1.807) is 36.3 Å². The molecule has 2 aromatic rings. The van der Waals surface area contributed by atoms with Crippen molar-refractivity contribution in [3.8, 4) is 5.75 Å². The average Bonchev–Trinajstić information content (AvgIpc) is 2.60. The van der Waals surface area contributed by atoms with Gasteiger partial charge in [0.25, 0.3) is 0 Å². The summed E-state index contributed by atoms with van der Waals surface area (Å²) in [6.45, 7) is 7.08. The van der Waals surface area contributed by atoms with E-state index in [9.17, 15) is 15.0 Å². The lowest BCUT2D eigenvalue weighted by atomic mass is 10.1. The Balaban J connectivity index is 2.20. The van der Waals surface area contributed by atoms with Crippen LogP contribution in [0.4, 0.5) is 5.69 Å². The Hall–Kier alpha value is -2.34. The first-order valence-corrected chi connectivity index (χ1v) is 8.73. The third-order valence-electron chi connectivity index (χ3n) is 4.68. The van der Waals surface area contributed by atoms with E-state index < -0.39 is 12.0 Å². The van der Waals surface area contributed by atoms with Crippen molar-refractivity contribution in [1.29, 1.82) is 0 Å². The molecule has 6 heteroatoms. The number of aliphatic carboxylic acids is 1. The number of likely N-dealkylation sites (N-methyl/N-ethyl adjacent to an activating group) is 1. The first kappa shape index (κ1) is 19.0. The fourth-order valence-corrected chi connectivity index (χ4v) is 3.13. The Kier molecular flexibility index (Phi) is 6.58. The van der Waals surface area contributed by atoms with Crippen LogP contribution in [-0.2, 0) is 4.79 Å². The van der Waals surface area contributed by atoms with Gasteiger partial charge in [0.1, 0.15) is 11.8 Å². The van der Waals surface area contributed by atoms with Crippen LogP contribution < -0.4 is 4.90 Å². The lowest BCUT2D eigenvalue weighted by Gasteiger charge is -2.28. The van der Waals surface area contributed by atoms with Gasteiger partial charge in [0.05, 0.1) is 5.52 Å². The summed E-state index contributed by atoms with van der Waals surface area (Å²) in [5.74, 6) is -0.681. The highest BCUT2D eigenvalue weighted by molar-refractivity contribution is 5.94. The molecular formula is C19H27N3O3. The molecule has 136 valence electrons. The summed E-state index contributed by atoms with van der Waals surface area (Å²) in [7, 11) is 1.80. The zero-order valence-corrected chi connectivity index (χ0v) is 15.1. The van der Waals surface area contributed by atoms with Crippen LogP contribution in [0.2, 0.25) is 0 Å². The van der Waals surface area contributed by atoms with Gasteiger partial charge in [0.15, 0.2) is 0 Å². The van der Waals surface area contributed by atoms with Gasteiger partial charge >= 0.3 is 5.97 Å². The normalized spacial score (nSPS) is 12.5. The second kappa shape index (κ2) is 8.67. The lowest BCUT2D eigenvalue weighted by Crippen LogP contribution is -2.39. The Morgan fingerprint density at radius 2 is 1.96 bits per heavy atom. The van der Waals surface area contributed by atoms with Crippen molar-refractivity contribution in [2.75, 3.05) is 31.6 Å². The molecule has 1 aromatic heterocycles. The number of benzene rings is 1. The number of aromatic nitrogens is 1. The molecule has 0 aliphatic carbocycles. The summed E-state index contributed by atoms with van der Waals surface area (Å²) in [5.41, 5.74) is 1.46. The molecule has 0 fully saturated rings. The molecule has 0 radical (unpaired) electrons. The maximum Gasteiger partial charge on any atom is 0.326 e. The van der Waals surface area contributed by atoms with E-state index in [1.165, 1.54) is 0 Å². The zero-order chi connectivity index (χ0) is 18.4. The molecule has 1 unspecified atom stereocenters. The van der Waals surface area contributed by atoms with Crippen LogP contribution in [0, 0.1) is 0 Å². The van der Waals surface area contributed by atoms with Crippen molar-refractivity contribution < 1.29 is 15.0 Å². The maximum absolute atomic E-state index is 11.8. The minimum Gasteiger partial charge on any atom is -0.508 e. The number of carboxylic acids is 1. The van der Waals surface area contributed by atoms with Gasteiger partial charge in [0, 0.05) is 30.4 Å². The molecule has 0 saturated carbocycles. The number of fused-ring (bicyclic) bond motifs is 1. The van der Waals surface area contributed by atoms with Crippen molar-refractivity contribution in [2.24, 2.45) is 0 Å². The van der Waals surface area contributed by atoms with E-state index in [-0.39, 0.29) is 5.75 Å². The molecule has 1 heterocycles. The molecule has 0 aliphatic heterocycles. The largest absolute Gasteiger partial charge is 0.508 e. The number of hydrogen-bond acceptors (Lipinski definition) is 5. The van der Waals surface area contributed by atoms with Crippen molar-refractivity contribution in [3.63, 3.8) is 0 Å². The quantitative estimate of drug-likeness (QED) is 0.728. The molecule has 0 spiro atoms. The van der Waals surface area contributed by atoms with Crippen molar-refractivity contribution in [1.82, 2.24) is 9.88 Å². The molecular weight excluding hydrogens is 318 g/mol. The summed E-state index contributed by atoms with van der Waals surface area (Å²) >= 11 is 0. The van der Waals surface area contributed by atoms with Gasteiger partial charge in [-0.3, -0.25) is 4.98 Å². The molecule has 1 atom stereocenters. The Morgan fingerprint density at radius 3 is 2.60 bits per heavy atom. The summed E-state index contributed by atoms with van der Waals surface area (Å²) < 4.78 is 0. The standard InChI is InChI=1S/C19H27N3O3/c1-4-22(5-2)12-6-7-18(19(24)25)21(3)17-10-11-20-16-13-14(23)8-9-15(16)17/h8-11,13,18,23H,4-7,12H2,1-3H3,(H,24,25). The number of carbonyl (C=O) groups is 1. The number of nitrogens with zero attached hydrogens (tertiary/aromatic N) is 3. The number of phenols is 1. The number of carboxylic acid groups (broad SMARTS) is 1. The topological polar surface area (TPSA) is 76.9 Å². The van der Waals surface area contributed by atoms with Crippen molar-refractivity contribution in [3.05, 3.63) is 30.5 Å². The first-order valence-electron chi connectivity index (χ1n) is 8.73. The summed E-state index contributed by atoms with van der Waals surface area (Å²) in [4.78, 5) is 20.2. The van der Waals surface area contributed by atoms with Crippen LogP contribution in [0.3, 0.4) is 0 Å². The number of pyridine rings is 1. The van der Waals surface area contributed by atoms with Crippen molar-refractivity contribution in [2.45, 2.75) is 32.7 Å². The molecule has 2 N–H and O–H groups in total. The SMILES string of the molecule is CCN(CC)CCCC(C(=O)O)N(C)c1ccnc2cc(O)ccc12. The van der Waals surface area contributed by atoms with E-state index in [0.29, 0.717) is 11.9 Å². The average molecular weight is 345 g/mol. The van der Waals surface area contributed by atoms with Crippen LogP contribution in [0.25, 0.3) is 10.9 Å². The molecule has 0 saturated heterocycles. The van der Waals surface area contributed by atoms with Gasteiger partial charge in [-0.05, 0) is 50.7 Å². The molecule has 6 nitrogen and oxygen atoms in total. The molecule has 2 rings (SSSR count). The lowest BCUT2D eigenvalue weighted by molar-refractivity contribution is -0.138. The highest BCUT2D eigenvalue weighted by Gasteiger charge is 2.24. The fraction of sp³-hybridized carbons (Fsp3) is 0.474. The number of hydrogen-bond donors (Lipinski definition) is 2. The smallest absolute Gasteiger partial charge is 0.326 e. The Morgan fingerprint density at radius 1 is 1.24 bits per heavy atom. The summed E-state index contributed by atoms with van der Waals surface area (Å²) in [6, 6.07) is 6.17. The van der Waals surface area contributed by atoms with Gasteiger partial charge in [-0.2, -0.15) is 0 Å². The number of phenolic OH excluding ortho intramolecular Hbond substituents is 1. The number of aromatic hydroxyl groups is 1. The summed E-state index contributed by atoms with van der Waals surface area (Å²) in [5, 5.41) is 20.1. The molecule has 0 amide bonds. The third kappa shape index (κ3) is 4.60. The summed E-state index contributed by atoms with van der Waals surface area (Å²) in [6.07, 6.45) is 3.04. The van der Waals surface area contributed by atoms with Crippen LogP contribution in [0.5, 0.6) is 5.75 Å². The predicted molar refractivity (Wildman–Crippen MR) is 100 cm³/mol. The van der Waals surface area contributed by atoms with Gasteiger partial charge < -0.3 is 20.0 Å². The van der Waals surface area contributed by atoms with Crippen molar-refractivity contribution >= 4 is 22.6 Å². The Bertz CT molecular complexity index is 716. The molecule has 0 bridgehead atoms. The van der Waals surface area contributed by atoms with Crippen LogP contribution in [-0.4, -0.2) is 58.8 Å². The first-order chi connectivity index (χ1) is 12.0. The predicted octanol–water partition coefficient (Wildman–Crippen LogP) is 2.95. The maximum atomic E-state index is 11.8. The molecule has 0 aliphatic rings. The van der Waals surface area contributed by atoms with Gasteiger partial charge in [-0.1, -0.05) is 13.8 Å². The molecule has 25 heavy (non-hydrogen) atoms. The van der Waals surface area contributed by atoms with E-state index in [0.717, 1.165) is 37.1 Å². The number of anilines is 1. The minimum absolute atomic E-state index is 0.147. The minimum atomic E-state index is -0.828. The zero-order valence-electron chi connectivity index (χ0n) is 15.1. The number of rotatable bonds is 9. The highest BCUT2D eigenvalue weighted by atomic mass is 16.4. The van der Waals surface area contributed by atoms with Gasteiger partial charge in [-0.15, -0.1) is 0 Å². The monoisotopic (exact) mass is 345 g/mol. The van der Waals surface area contributed by atoms with Gasteiger partial charge in [0.2, 0.25) is 0 Å². The second-order valence-electron chi connectivity index (χ2n) is 6.17. The van der Waals surface area contributed by atoms with Crippen LogP contribution >= 0.6 is 0 Å². The Labute approximate surface area is 148 Å².